The van der Waals surface area contributed by atoms with E-state index in [1.165, 1.54) is 6.07 Å². The minimum atomic E-state index is -4.39. The van der Waals surface area contributed by atoms with Crippen LogP contribution in [0.25, 0.3) is 0 Å². The molecule has 18 heavy (non-hydrogen) atoms. The van der Waals surface area contributed by atoms with Crippen molar-refractivity contribution in [1.29, 1.82) is 0 Å². The summed E-state index contributed by atoms with van der Waals surface area (Å²) in [6, 6.07) is 2.36. The van der Waals surface area contributed by atoms with E-state index in [-0.39, 0.29) is 12.1 Å². The highest BCUT2D eigenvalue weighted by Gasteiger charge is 2.36. The van der Waals surface area contributed by atoms with E-state index in [2.05, 4.69) is 10.3 Å². The number of aliphatic hydroxyl groups excluding tert-OH is 1. The van der Waals surface area contributed by atoms with Gasteiger partial charge in [0.15, 0.2) is 0 Å². The molecule has 0 saturated carbocycles. The number of pyridine rings is 1. The van der Waals surface area contributed by atoms with Crippen LogP contribution in [0.2, 0.25) is 0 Å². The predicted octanol–water partition coefficient (Wildman–Crippen LogP) is 1.97. The fourth-order valence-electron chi connectivity index (χ4n) is 1.57. The second kappa shape index (κ2) is 5.62. The van der Waals surface area contributed by atoms with Gasteiger partial charge in [0, 0.05) is 0 Å². The van der Waals surface area contributed by atoms with E-state index in [9.17, 15) is 22.7 Å². The number of aromatic nitrogens is 1. The highest BCUT2D eigenvalue weighted by Crippen LogP contribution is 2.25. The molecule has 3 nitrogen and oxygen atoms in total. The van der Waals surface area contributed by atoms with Crippen LogP contribution in [0.15, 0.2) is 18.3 Å². The third-order valence-electron chi connectivity index (χ3n) is 2.72. The molecule has 0 aliphatic rings. The van der Waals surface area contributed by atoms with Gasteiger partial charge in [-0.05, 0) is 18.6 Å². The van der Waals surface area contributed by atoms with Gasteiger partial charge in [-0.2, -0.15) is 13.2 Å². The molecule has 1 aromatic rings. The van der Waals surface area contributed by atoms with Gasteiger partial charge in [0.25, 0.3) is 0 Å². The zero-order valence-electron chi connectivity index (χ0n) is 9.76. The normalized spacial score (nSPS) is 15.4. The van der Waals surface area contributed by atoms with E-state index in [0.717, 1.165) is 12.3 Å². The Morgan fingerprint density at radius 2 is 2.00 bits per heavy atom. The van der Waals surface area contributed by atoms with Crippen LogP contribution in [0.3, 0.4) is 0 Å². The Bertz CT molecular complexity index is 374. The monoisotopic (exact) mass is 266 g/mol. The van der Waals surface area contributed by atoms with Crippen LogP contribution in [0.1, 0.15) is 19.0 Å². The maximum Gasteiger partial charge on any atom is 0.401 e. The molecule has 1 atom stereocenters. The van der Waals surface area contributed by atoms with Crippen LogP contribution in [0.5, 0.6) is 0 Å². The van der Waals surface area contributed by atoms with E-state index in [0.29, 0.717) is 0 Å². The minimum absolute atomic E-state index is 0.179. The maximum absolute atomic E-state index is 12.7. The number of halogens is 4. The molecule has 2 N–H and O–H groups in total. The first kappa shape index (κ1) is 14.8. The molecule has 0 bridgehead atoms. The smallest absolute Gasteiger partial charge is 0.394 e. The van der Waals surface area contributed by atoms with Crippen LogP contribution < -0.4 is 5.32 Å². The van der Waals surface area contributed by atoms with E-state index >= 15 is 0 Å². The fraction of sp³-hybridized carbons (Fsp3) is 0.545. The van der Waals surface area contributed by atoms with Gasteiger partial charge in [-0.1, -0.05) is 6.92 Å². The number of aliphatic hydroxyl groups is 1. The molecule has 1 rings (SSSR count). The molecule has 7 heteroatoms. The molecule has 0 aliphatic heterocycles. The largest absolute Gasteiger partial charge is 0.401 e. The Morgan fingerprint density at radius 1 is 1.33 bits per heavy atom. The summed E-state index contributed by atoms with van der Waals surface area (Å²) in [5, 5.41) is 11.6. The first-order valence-electron chi connectivity index (χ1n) is 5.37. The maximum atomic E-state index is 12.7. The van der Waals surface area contributed by atoms with Gasteiger partial charge in [0.2, 0.25) is 0 Å². The average Bonchev–Trinajstić information content (AvgIpc) is 2.32. The van der Waals surface area contributed by atoms with E-state index < -0.39 is 30.7 Å². The number of hydrogen-bond donors (Lipinski definition) is 2. The molecule has 0 amide bonds. The molecule has 0 aromatic carbocycles. The molecule has 0 saturated heterocycles. The number of hydrogen-bond acceptors (Lipinski definition) is 3. The first-order valence-corrected chi connectivity index (χ1v) is 5.37. The van der Waals surface area contributed by atoms with Crippen molar-refractivity contribution in [3.8, 4) is 0 Å². The quantitative estimate of drug-likeness (QED) is 0.801. The van der Waals surface area contributed by atoms with Crippen LogP contribution in [0, 0.1) is 5.82 Å². The lowest BCUT2D eigenvalue weighted by Crippen LogP contribution is -2.49. The zero-order chi connectivity index (χ0) is 13.8. The summed E-state index contributed by atoms with van der Waals surface area (Å²) in [5.74, 6) is -0.586. The third kappa shape index (κ3) is 3.64. The highest BCUT2D eigenvalue weighted by molar-refractivity contribution is 5.16. The Hall–Kier alpha value is -1.21. The van der Waals surface area contributed by atoms with Crippen molar-refractivity contribution < 1.29 is 22.7 Å². The summed E-state index contributed by atoms with van der Waals surface area (Å²) in [7, 11) is 0. The number of nitrogens with one attached hydrogen (secondary N) is 1. The predicted molar refractivity (Wildman–Crippen MR) is 57.3 cm³/mol. The molecule has 1 unspecified atom stereocenters. The fourth-order valence-corrected chi connectivity index (χ4v) is 1.57. The Morgan fingerprint density at radius 3 is 2.39 bits per heavy atom. The molecule has 1 heterocycles. The Kier molecular flexibility index (Phi) is 4.64. The lowest BCUT2D eigenvalue weighted by Gasteiger charge is -2.32. The molecule has 0 spiro atoms. The standard InChI is InChI=1S/C11H14F4N2O/c1-2-10(7-18,17-6-11(13,14)15)9-4-3-8(12)5-16-9/h3-5,17-18H,2,6-7H2,1H3. The summed E-state index contributed by atoms with van der Waals surface area (Å²) in [5.41, 5.74) is -1.14. The lowest BCUT2D eigenvalue weighted by atomic mass is 9.92. The van der Waals surface area contributed by atoms with E-state index in [4.69, 9.17) is 0 Å². The van der Waals surface area contributed by atoms with Gasteiger partial charge in [-0.25, -0.2) is 4.39 Å². The summed E-state index contributed by atoms with van der Waals surface area (Å²) < 4.78 is 49.4. The van der Waals surface area contributed by atoms with Crippen molar-refractivity contribution in [3.05, 3.63) is 29.8 Å². The molecule has 102 valence electrons. The summed E-state index contributed by atoms with van der Waals surface area (Å²) in [6.45, 7) is -0.191. The van der Waals surface area contributed by atoms with Crippen LogP contribution in [-0.2, 0) is 5.54 Å². The van der Waals surface area contributed by atoms with Gasteiger partial charge in [-0.3, -0.25) is 10.3 Å². The summed E-state index contributed by atoms with van der Waals surface area (Å²) >= 11 is 0. The van der Waals surface area contributed by atoms with Crippen molar-refractivity contribution in [2.45, 2.75) is 25.1 Å². The molecular weight excluding hydrogens is 252 g/mol. The zero-order valence-corrected chi connectivity index (χ0v) is 9.76. The lowest BCUT2D eigenvalue weighted by molar-refractivity contribution is -0.130. The molecular formula is C11H14F4N2O. The molecule has 0 aliphatic carbocycles. The second-order valence-corrected chi connectivity index (χ2v) is 3.92. The van der Waals surface area contributed by atoms with Crippen LogP contribution >= 0.6 is 0 Å². The van der Waals surface area contributed by atoms with Crippen molar-refractivity contribution in [3.63, 3.8) is 0 Å². The van der Waals surface area contributed by atoms with Gasteiger partial charge < -0.3 is 5.11 Å². The van der Waals surface area contributed by atoms with Crippen molar-refractivity contribution >= 4 is 0 Å². The van der Waals surface area contributed by atoms with Crippen LogP contribution in [0.4, 0.5) is 17.6 Å². The van der Waals surface area contributed by atoms with Crippen molar-refractivity contribution in [2.24, 2.45) is 0 Å². The Balaban J connectivity index is 2.95. The summed E-state index contributed by atoms with van der Waals surface area (Å²) in [6.07, 6.45) is -3.29. The SMILES string of the molecule is CCC(CO)(NCC(F)(F)F)c1ccc(F)cn1. The third-order valence-corrected chi connectivity index (χ3v) is 2.72. The second-order valence-electron chi connectivity index (χ2n) is 3.92. The average molecular weight is 266 g/mol. The Labute approximate surface area is 102 Å². The molecule has 0 radical (unpaired) electrons. The first-order chi connectivity index (χ1) is 8.33. The van der Waals surface area contributed by atoms with Crippen LogP contribution in [-0.4, -0.2) is 29.4 Å². The van der Waals surface area contributed by atoms with Crippen molar-refractivity contribution in [1.82, 2.24) is 10.3 Å². The van der Waals surface area contributed by atoms with E-state index in [1.54, 1.807) is 6.92 Å². The molecule has 0 fully saturated rings. The molecule has 1 aromatic heterocycles. The van der Waals surface area contributed by atoms with Gasteiger partial charge >= 0.3 is 6.18 Å². The minimum Gasteiger partial charge on any atom is -0.394 e. The van der Waals surface area contributed by atoms with E-state index in [1.807, 2.05) is 0 Å². The van der Waals surface area contributed by atoms with Crippen molar-refractivity contribution in [2.75, 3.05) is 13.2 Å². The number of rotatable bonds is 5. The topological polar surface area (TPSA) is 45.1 Å². The summed E-state index contributed by atoms with van der Waals surface area (Å²) in [4.78, 5) is 3.73. The van der Waals surface area contributed by atoms with Gasteiger partial charge in [0.1, 0.15) is 5.82 Å². The highest BCUT2D eigenvalue weighted by atomic mass is 19.4. The number of nitrogens with zero attached hydrogens (tertiary/aromatic N) is 1. The van der Waals surface area contributed by atoms with Gasteiger partial charge in [-0.15, -0.1) is 0 Å². The number of alkyl halides is 3. The van der Waals surface area contributed by atoms with Gasteiger partial charge in [0.05, 0.1) is 30.6 Å².